The van der Waals surface area contributed by atoms with E-state index >= 15 is 0 Å². The second kappa shape index (κ2) is 7.19. The first-order chi connectivity index (χ1) is 12.3. The van der Waals surface area contributed by atoms with Gasteiger partial charge >= 0.3 is 6.03 Å². The lowest BCUT2D eigenvalue weighted by Crippen LogP contribution is -2.48. The molecule has 3 rings (SSSR count). The SMILES string of the molecule is O=C(CN1C(=O)NC2(CCCCC2)C1=O)Nc1cccc(C(F)F)c1Cl. The number of alkyl halides is 2. The summed E-state index contributed by atoms with van der Waals surface area (Å²) in [7, 11) is 0. The van der Waals surface area contributed by atoms with Gasteiger partial charge in [-0.1, -0.05) is 43.0 Å². The molecule has 26 heavy (non-hydrogen) atoms. The van der Waals surface area contributed by atoms with Gasteiger partial charge in [-0.3, -0.25) is 14.5 Å². The van der Waals surface area contributed by atoms with Gasteiger partial charge in [0.2, 0.25) is 5.91 Å². The largest absolute Gasteiger partial charge is 0.325 e. The van der Waals surface area contributed by atoms with Gasteiger partial charge in [-0.2, -0.15) is 0 Å². The molecule has 2 fully saturated rings. The van der Waals surface area contributed by atoms with E-state index in [1.165, 1.54) is 12.1 Å². The summed E-state index contributed by atoms with van der Waals surface area (Å²) in [5.74, 6) is -1.10. The molecule has 0 aromatic heterocycles. The van der Waals surface area contributed by atoms with Gasteiger partial charge in [-0.05, 0) is 18.9 Å². The van der Waals surface area contributed by atoms with Crippen molar-refractivity contribution in [3.8, 4) is 0 Å². The molecule has 1 aromatic rings. The summed E-state index contributed by atoms with van der Waals surface area (Å²) < 4.78 is 25.7. The van der Waals surface area contributed by atoms with Gasteiger partial charge in [-0.25, -0.2) is 13.6 Å². The number of anilines is 1. The van der Waals surface area contributed by atoms with Crippen LogP contribution in [0, 0.1) is 0 Å². The van der Waals surface area contributed by atoms with Gasteiger partial charge < -0.3 is 10.6 Å². The Kier molecular flexibility index (Phi) is 5.13. The lowest BCUT2D eigenvalue weighted by atomic mass is 9.82. The molecule has 0 unspecified atom stereocenters. The van der Waals surface area contributed by atoms with E-state index in [2.05, 4.69) is 10.6 Å². The molecule has 1 aliphatic heterocycles. The third-order valence-electron chi connectivity index (χ3n) is 4.79. The highest BCUT2D eigenvalue weighted by Gasteiger charge is 2.51. The zero-order valence-corrected chi connectivity index (χ0v) is 14.6. The van der Waals surface area contributed by atoms with Crippen molar-refractivity contribution in [2.45, 2.75) is 44.1 Å². The third-order valence-corrected chi connectivity index (χ3v) is 5.21. The van der Waals surface area contributed by atoms with Crippen molar-refractivity contribution in [3.63, 3.8) is 0 Å². The normalized spacial score (nSPS) is 19.2. The summed E-state index contributed by atoms with van der Waals surface area (Å²) in [4.78, 5) is 37.9. The van der Waals surface area contributed by atoms with Gasteiger partial charge in [0.05, 0.1) is 10.7 Å². The molecule has 2 aliphatic rings. The van der Waals surface area contributed by atoms with Crippen molar-refractivity contribution >= 4 is 35.1 Å². The third kappa shape index (κ3) is 3.38. The van der Waals surface area contributed by atoms with E-state index in [0.29, 0.717) is 12.8 Å². The number of nitrogens with zero attached hydrogens (tertiary/aromatic N) is 1. The van der Waals surface area contributed by atoms with E-state index in [1.54, 1.807) is 0 Å². The number of carbonyl (C=O) groups is 3. The minimum absolute atomic E-state index is 0.00824. The number of hydrogen-bond donors (Lipinski definition) is 2. The first-order valence-electron chi connectivity index (χ1n) is 8.34. The van der Waals surface area contributed by atoms with Crippen LogP contribution in [0.15, 0.2) is 18.2 Å². The number of rotatable bonds is 4. The maximum absolute atomic E-state index is 12.9. The summed E-state index contributed by atoms with van der Waals surface area (Å²) >= 11 is 5.88. The minimum Gasteiger partial charge on any atom is -0.323 e. The first kappa shape index (κ1) is 18.6. The van der Waals surface area contributed by atoms with Crippen LogP contribution >= 0.6 is 11.6 Å². The molecule has 140 valence electrons. The van der Waals surface area contributed by atoms with Gasteiger partial charge in [0.1, 0.15) is 12.1 Å². The van der Waals surface area contributed by atoms with Crippen LogP contribution in [0.5, 0.6) is 0 Å². The van der Waals surface area contributed by atoms with E-state index in [-0.39, 0.29) is 10.7 Å². The van der Waals surface area contributed by atoms with Crippen molar-refractivity contribution < 1.29 is 23.2 Å². The fraction of sp³-hybridized carbons (Fsp3) is 0.471. The van der Waals surface area contributed by atoms with Gasteiger partial charge in [0.25, 0.3) is 12.3 Å². The summed E-state index contributed by atoms with van der Waals surface area (Å²) in [6, 6.07) is 3.26. The van der Waals surface area contributed by atoms with Crippen LogP contribution in [0.25, 0.3) is 0 Å². The molecule has 1 heterocycles. The molecule has 9 heteroatoms. The van der Waals surface area contributed by atoms with Crippen LogP contribution in [-0.4, -0.2) is 34.8 Å². The highest BCUT2D eigenvalue weighted by Crippen LogP contribution is 2.34. The number of amides is 4. The fourth-order valence-corrected chi connectivity index (χ4v) is 3.72. The van der Waals surface area contributed by atoms with E-state index < -0.39 is 41.9 Å². The molecule has 4 amide bonds. The summed E-state index contributed by atoms with van der Waals surface area (Å²) in [6.07, 6.45) is 1.00. The van der Waals surface area contributed by atoms with Crippen molar-refractivity contribution in [2.24, 2.45) is 0 Å². The van der Waals surface area contributed by atoms with Crippen LogP contribution in [-0.2, 0) is 9.59 Å². The Bertz CT molecular complexity index is 751. The van der Waals surface area contributed by atoms with E-state index in [4.69, 9.17) is 11.6 Å². The minimum atomic E-state index is -2.78. The second-order valence-corrected chi connectivity index (χ2v) is 6.90. The molecule has 6 nitrogen and oxygen atoms in total. The number of halogens is 3. The van der Waals surface area contributed by atoms with Crippen molar-refractivity contribution in [1.29, 1.82) is 0 Å². The highest BCUT2D eigenvalue weighted by atomic mass is 35.5. The molecule has 1 aliphatic carbocycles. The topological polar surface area (TPSA) is 78.5 Å². The summed E-state index contributed by atoms with van der Waals surface area (Å²) in [5.41, 5.74) is -1.31. The molecule has 0 atom stereocenters. The predicted octanol–water partition coefficient (Wildman–Crippen LogP) is 3.47. The van der Waals surface area contributed by atoms with Crippen molar-refractivity contribution in [1.82, 2.24) is 10.2 Å². The van der Waals surface area contributed by atoms with E-state index in [9.17, 15) is 23.2 Å². The lowest BCUT2D eigenvalue weighted by molar-refractivity contribution is -0.134. The monoisotopic (exact) mass is 385 g/mol. The quantitative estimate of drug-likeness (QED) is 0.779. The Morgan fingerprint density at radius 2 is 1.96 bits per heavy atom. The Morgan fingerprint density at radius 3 is 2.62 bits per heavy atom. The van der Waals surface area contributed by atoms with Gasteiger partial charge in [0.15, 0.2) is 0 Å². The molecule has 1 aromatic carbocycles. The summed E-state index contributed by atoms with van der Waals surface area (Å²) in [6.45, 7) is -0.498. The molecular formula is C17H18ClF2N3O3. The Labute approximate surface area is 153 Å². The first-order valence-corrected chi connectivity index (χ1v) is 8.72. The van der Waals surface area contributed by atoms with Crippen molar-refractivity contribution in [2.75, 3.05) is 11.9 Å². The van der Waals surface area contributed by atoms with Crippen molar-refractivity contribution in [3.05, 3.63) is 28.8 Å². The maximum atomic E-state index is 12.9. The van der Waals surface area contributed by atoms with Crippen LogP contribution < -0.4 is 10.6 Å². The number of nitrogens with one attached hydrogen (secondary N) is 2. The molecule has 0 bridgehead atoms. The van der Waals surface area contributed by atoms with Gasteiger partial charge in [0, 0.05) is 5.56 Å². The number of urea groups is 1. The standard InChI is InChI=1S/C17H18ClF2N3O3/c18-13-10(14(19)20)5-4-6-11(13)21-12(24)9-23-15(25)17(22-16(23)26)7-2-1-3-8-17/h4-6,14H,1-3,7-9H2,(H,21,24)(H,22,26). The van der Waals surface area contributed by atoms with Gasteiger partial charge in [-0.15, -0.1) is 0 Å². The van der Waals surface area contributed by atoms with Crippen LogP contribution in [0.1, 0.15) is 44.1 Å². The second-order valence-electron chi connectivity index (χ2n) is 6.52. The number of benzene rings is 1. The Morgan fingerprint density at radius 1 is 1.27 bits per heavy atom. The molecular weight excluding hydrogens is 368 g/mol. The van der Waals surface area contributed by atoms with Crippen LogP contribution in [0.2, 0.25) is 5.02 Å². The molecule has 2 N–H and O–H groups in total. The van der Waals surface area contributed by atoms with E-state index in [0.717, 1.165) is 30.2 Å². The zero-order valence-electron chi connectivity index (χ0n) is 13.9. The van der Waals surface area contributed by atoms with Crippen LogP contribution in [0.3, 0.4) is 0 Å². The number of hydrogen-bond acceptors (Lipinski definition) is 3. The van der Waals surface area contributed by atoms with E-state index in [1.807, 2.05) is 0 Å². The molecule has 0 radical (unpaired) electrons. The highest BCUT2D eigenvalue weighted by molar-refractivity contribution is 6.34. The average Bonchev–Trinajstić information content (AvgIpc) is 2.81. The molecule has 1 saturated heterocycles. The van der Waals surface area contributed by atoms with Crippen LogP contribution in [0.4, 0.5) is 19.3 Å². The maximum Gasteiger partial charge on any atom is 0.325 e. The Hall–Kier alpha value is -2.22. The molecule has 1 spiro atoms. The molecule has 1 saturated carbocycles. The zero-order chi connectivity index (χ0) is 18.9. The fourth-order valence-electron chi connectivity index (χ4n) is 3.46. The Balaban J connectivity index is 1.70. The number of carbonyl (C=O) groups excluding carboxylic acids is 3. The predicted molar refractivity (Wildman–Crippen MR) is 91.1 cm³/mol. The average molecular weight is 386 g/mol. The smallest absolute Gasteiger partial charge is 0.323 e. The number of imide groups is 1. The lowest BCUT2D eigenvalue weighted by Gasteiger charge is -2.30. The summed E-state index contributed by atoms with van der Waals surface area (Å²) in [5, 5.41) is 4.83.